The monoisotopic (exact) mass is 420 g/mol. The number of piperidine rings is 1. The fourth-order valence-corrected chi connectivity index (χ4v) is 5.25. The number of benzene rings is 1. The van der Waals surface area contributed by atoms with Crippen molar-refractivity contribution in [2.45, 2.75) is 46.1 Å². The molecule has 1 atom stereocenters. The number of aromatic amines is 1. The number of aryl methyl sites for hydroxylation is 1. The largest absolute Gasteiger partial charge is 0.351 e. The number of nitrogens with one attached hydrogen (secondary N) is 2. The van der Waals surface area contributed by atoms with Crippen LogP contribution >= 0.6 is 0 Å². The average molecular weight is 421 g/mol. The van der Waals surface area contributed by atoms with E-state index in [1.165, 1.54) is 4.68 Å². The highest BCUT2D eigenvalue weighted by atomic mass is 32.2. The number of rotatable bonds is 6. The van der Waals surface area contributed by atoms with Gasteiger partial charge in [-0.2, -0.15) is 4.31 Å². The van der Waals surface area contributed by atoms with Gasteiger partial charge in [0.2, 0.25) is 10.0 Å². The molecular formula is C20H28N4O4S. The molecule has 1 amide bonds. The maximum Gasteiger partial charge on any atom is 0.274 e. The Labute approximate surface area is 170 Å². The Balaban J connectivity index is 1.65. The molecule has 8 nitrogen and oxygen atoms in total. The first-order chi connectivity index (χ1) is 13.7. The lowest BCUT2D eigenvalue weighted by Crippen LogP contribution is -2.45. The van der Waals surface area contributed by atoms with Crippen molar-refractivity contribution in [3.8, 4) is 5.69 Å². The zero-order chi connectivity index (χ0) is 21.2. The molecule has 3 rings (SSSR count). The van der Waals surface area contributed by atoms with Crippen LogP contribution in [0.25, 0.3) is 5.69 Å². The van der Waals surface area contributed by atoms with Crippen LogP contribution in [0.4, 0.5) is 0 Å². The molecule has 0 bridgehead atoms. The minimum Gasteiger partial charge on any atom is -0.351 e. The average Bonchev–Trinajstić information content (AvgIpc) is 2.95. The molecule has 0 spiro atoms. The molecular weight excluding hydrogens is 392 g/mol. The van der Waals surface area contributed by atoms with Crippen LogP contribution in [0.5, 0.6) is 0 Å². The number of hydrogen-bond acceptors (Lipinski definition) is 4. The topological polar surface area (TPSA) is 104 Å². The van der Waals surface area contributed by atoms with Crippen molar-refractivity contribution in [3.05, 3.63) is 51.4 Å². The number of hydrogen-bond donors (Lipinski definition) is 2. The maximum atomic E-state index is 12.6. The van der Waals surface area contributed by atoms with E-state index in [0.717, 1.165) is 25.0 Å². The van der Waals surface area contributed by atoms with E-state index in [0.29, 0.717) is 23.4 Å². The third-order valence-electron chi connectivity index (χ3n) is 5.48. The van der Waals surface area contributed by atoms with Gasteiger partial charge < -0.3 is 5.32 Å². The van der Waals surface area contributed by atoms with Crippen LogP contribution in [0.15, 0.2) is 29.1 Å². The zero-order valence-electron chi connectivity index (χ0n) is 17.1. The summed E-state index contributed by atoms with van der Waals surface area (Å²) in [6.07, 6.45) is 2.79. The van der Waals surface area contributed by atoms with Gasteiger partial charge in [0.1, 0.15) is 0 Å². The van der Waals surface area contributed by atoms with Crippen molar-refractivity contribution in [1.82, 2.24) is 19.4 Å². The Kier molecular flexibility index (Phi) is 6.28. The molecule has 29 heavy (non-hydrogen) atoms. The number of H-pyrrole nitrogens is 1. The number of nitrogens with zero attached hydrogens (tertiary/aromatic N) is 2. The van der Waals surface area contributed by atoms with E-state index in [4.69, 9.17) is 0 Å². The molecule has 0 unspecified atom stereocenters. The molecule has 158 valence electrons. The van der Waals surface area contributed by atoms with Gasteiger partial charge in [-0.25, -0.2) is 13.1 Å². The van der Waals surface area contributed by atoms with Gasteiger partial charge in [0.15, 0.2) is 0 Å². The minimum atomic E-state index is -3.40. The molecule has 2 N–H and O–H groups in total. The highest BCUT2D eigenvalue weighted by molar-refractivity contribution is 7.89. The van der Waals surface area contributed by atoms with E-state index < -0.39 is 10.0 Å². The normalized spacial score (nSPS) is 18.0. The van der Waals surface area contributed by atoms with Crippen LogP contribution in [-0.2, 0) is 10.0 Å². The molecule has 9 heteroatoms. The van der Waals surface area contributed by atoms with Crippen LogP contribution in [0.3, 0.4) is 0 Å². The second-order valence-electron chi connectivity index (χ2n) is 7.58. The number of carbonyl (C=O) groups is 1. The fourth-order valence-electron chi connectivity index (χ4n) is 3.60. The third kappa shape index (κ3) is 4.62. The van der Waals surface area contributed by atoms with E-state index in [9.17, 15) is 18.0 Å². The number of carbonyl (C=O) groups excluding carboxylic acids is 1. The molecule has 1 aliphatic heterocycles. The van der Waals surface area contributed by atoms with Crippen molar-refractivity contribution >= 4 is 15.9 Å². The van der Waals surface area contributed by atoms with Crippen molar-refractivity contribution in [2.75, 3.05) is 18.8 Å². The van der Waals surface area contributed by atoms with Gasteiger partial charge in [-0.05, 0) is 51.8 Å². The smallest absolute Gasteiger partial charge is 0.274 e. The standard InChI is InChI=1S/C20H28N4O4S/c1-14-7-4-5-11-23(14)29(27,28)12-10-21-19(25)17-8-6-9-18(13-17)24-20(26)15(2)16(3)22-24/h6,8-9,13-14,22H,4-5,7,10-12H2,1-3H3,(H,21,25)/t14-/m0/s1. The molecule has 1 saturated heterocycles. The molecule has 0 radical (unpaired) electrons. The predicted octanol–water partition coefficient (Wildman–Crippen LogP) is 1.72. The summed E-state index contributed by atoms with van der Waals surface area (Å²) in [6.45, 7) is 6.06. The zero-order valence-corrected chi connectivity index (χ0v) is 17.9. The van der Waals surface area contributed by atoms with Crippen molar-refractivity contribution < 1.29 is 13.2 Å². The second kappa shape index (κ2) is 8.54. The first-order valence-electron chi connectivity index (χ1n) is 9.87. The van der Waals surface area contributed by atoms with Crippen LogP contribution in [0, 0.1) is 13.8 Å². The van der Waals surface area contributed by atoms with Gasteiger partial charge in [-0.1, -0.05) is 12.5 Å². The Morgan fingerprint density at radius 1 is 1.28 bits per heavy atom. The Morgan fingerprint density at radius 2 is 2.03 bits per heavy atom. The summed E-state index contributed by atoms with van der Waals surface area (Å²) in [5, 5.41) is 5.66. The molecule has 1 fully saturated rings. The van der Waals surface area contributed by atoms with Crippen LogP contribution in [0.2, 0.25) is 0 Å². The SMILES string of the molecule is Cc1[nH]n(-c2cccc(C(=O)NCCS(=O)(=O)N3CCCC[C@@H]3C)c2)c(=O)c1C. The summed E-state index contributed by atoms with van der Waals surface area (Å²) < 4.78 is 28.1. The Morgan fingerprint density at radius 3 is 2.69 bits per heavy atom. The van der Waals surface area contributed by atoms with E-state index >= 15 is 0 Å². The molecule has 1 aliphatic rings. The van der Waals surface area contributed by atoms with E-state index in [2.05, 4.69) is 10.4 Å². The molecule has 0 aliphatic carbocycles. The van der Waals surface area contributed by atoms with Gasteiger partial charge in [0.25, 0.3) is 11.5 Å². The summed E-state index contributed by atoms with van der Waals surface area (Å²) in [6, 6.07) is 6.66. The second-order valence-corrected chi connectivity index (χ2v) is 9.62. The molecule has 1 aromatic carbocycles. The summed E-state index contributed by atoms with van der Waals surface area (Å²) >= 11 is 0. The van der Waals surface area contributed by atoms with Crippen molar-refractivity contribution in [3.63, 3.8) is 0 Å². The van der Waals surface area contributed by atoms with E-state index in [1.807, 2.05) is 13.8 Å². The van der Waals surface area contributed by atoms with Crippen LogP contribution < -0.4 is 10.9 Å². The van der Waals surface area contributed by atoms with E-state index in [1.54, 1.807) is 35.5 Å². The summed E-state index contributed by atoms with van der Waals surface area (Å²) in [5.41, 5.74) is 2.14. The molecule has 0 saturated carbocycles. The number of sulfonamides is 1. The van der Waals surface area contributed by atoms with Gasteiger partial charge in [0.05, 0.1) is 11.4 Å². The van der Waals surface area contributed by atoms with Gasteiger partial charge in [0, 0.05) is 36.0 Å². The van der Waals surface area contributed by atoms with Crippen LogP contribution in [0.1, 0.15) is 47.8 Å². The van der Waals surface area contributed by atoms with Gasteiger partial charge in [-0.15, -0.1) is 0 Å². The lowest BCUT2D eigenvalue weighted by molar-refractivity contribution is 0.0956. The number of amides is 1. The maximum absolute atomic E-state index is 12.6. The minimum absolute atomic E-state index is 0.00662. The number of aromatic nitrogens is 2. The van der Waals surface area contributed by atoms with Gasteiger partial charge >= 0.3 is 0 Å². The first kappa shape index (κ1) is 21.3. The highest BCUT2D eigenvalue weighted by Crippen LogP contribution is 2.20. The van der Waals surface area contributed by atoms with Crippen molar-refractivity contribution in [2.24, 2.45) is 0 Å². The Bertz CT molecular complexity index is 1050. The molecule has 2 heterocycles. The lowest BCUT2D eigenvalue weighted by atomic mass is 10.1. The quantitative estimate of drug-likeness (QED) is 0.742. The Hall–Kier alpha value is -2.39. The van der Waals surface area contributed by atoms with Gasteiger partial charge in [-0.3, -0.25) is 14.7 Å². The summed E-state index contributed by atoms with van der Waals surface area (Å²) in [7, 11) is -3.40. The molecule has 1 aromatic heterocycles. The molecule has 2 aromatic rings. The highest BCUT2D eigenvalue weighted by Gasteiger charge is 2.29. The predicted molar refractivity (Wildman–Crippen MR) is 112 cm³/mol. The lowest BCUT2D eigenvalue weighted by Gasteiger charge is -2.32. The third-order valence-corrected chi connectivity index (χ3v) is 7.45. The van der Waals surface area contributed by atoms with E-state index in [-0.39, 0.29) is 29.8 Å². The van der Waals surface area contributed by atoms with Crippen LogP contribution in [-0.4, -0.2) is 53.3 Å². The fraction of sp³-hybridized carbons (Fsp3) is 0.500. The first-order valence-corrected chi connectivity index (χ1v) is 11.5. The summed E-state index contributed by atoms with van der Waals surface area (Å²) in [4.78, 5) is 24.8. The van der Waals surface area contributed by atoms with Crippen molar-refractivity contribution in [1.29, 1.82) is 0 Å². The summed E-state index contributed by atoms with van der Waals surface area (Å²) in [5.74, 6) is -0.501.